The smallest absolute Gasteiger partial charge is 0.313 e. The molecule has 7 heteroatoms. The number of Topliss-reactive ketones (excluding diaryl/α,β-unsaturated/α-hetero) is 1. The number of benzene rings is 1. The molecule has 0 saturated carbocycles. The Bertz CT molecular complexity index is 500. The largest absolute Gasteiger partial charge is 0.466 e. The van der Waals surface area contributed by atoms with Gasteiger partial charge in [0.05, 0.1) is 23.2 Å². The van der Waals surface area contributed by atoms with Gasteiger partial charge in [-0.2, -0.15) is 0 Å². The van der Waals surface area contributed by atoms with Crippen LogP contribution < -0.4 is 0 Å². The number of ether oxygens (including phenoxy) is 1. The molecule has 1 aromatic rings. The second-order valence-electron chi connectivity index (χ2n) is 3.32. The predicted octanol–water partition coefficient (Wildman–Crippen LogP) is 1.87. The molecule has 0 saturated heterocycles. The summed E-state index contributed by atoms with van der Waals surface area (Å²) in [6, 6.07) is 2.54. The van der Waals surface area contributed by atoms with Crippen LogP contribution in [-0.2, 0) is 9.53 Å². The Labute approximate surface area is 102 Å². The Morgan fingerprint density at radius 3 is 2.67 bits per heavy atom. The maximum Gasteiger partial charge on any atom is 0.313 e. The van der Waals surface area contributed by atoms with Gasteiger partial charge in [0.15, 0.2) is 5.78 Å². The molecule has 0 heterocycles. The highest BCUT2D eigenvalue weighted by molar-refractivity contribution is 6.08. The van der Waals surface area contributed by atoms with E-state index in [1.807, 2.05) is 0 Å². The molecule has 0 spiro atoms. The van der Waals surface area contributed by atoms with E-state index in [9.17, 15) is 24.1 Å². The maximum atomic E-state index is 12.8. The molecule has 0 fully saturated rings. The Morgan fingerprint density at radius 2 is 2.11 bits per heavy atom. The predicted molar refractivity (Wildman–Crippen MR) is 58.6 cm³/mol. The van der Waals surface area contributed by atoms with Crippen LogP contribution in [0.15, 0.2) is 18.2 Å². The molecule has 6 nitrogen and oxygen atoms in total. The van der Waals surface area contributed by atoms with Gasteiger partial charge in [0.25, 0.3) is 5.69 Å². The topological polar surface area (TPSA) is 86.5 Å². The lowest BCUT2D eigenvalue weighted by Gasteiger charge is -2.02. The third-order valence-electron chi connectivity index (χ3n) is 2.07. The Balaban J connectivity index is 2.98. The van der Waals surface area contributed by atoms with Crippen molar-refractivity contribution in [2.24, 2.45) is 0 Å². The average molecular weight is 255 g/mol. The number of hydrogen-bond donors (Lipinski definition) is 0. The Morgan fingerprint density at radius 1 is 1.44 bits per heavy atom. The molecule has 96 valence electrons. The number of ketones is 1. The third kappa shape index (κ3) is 3.34. The van der Waals surface area contributed by atoms with Gasteiger partial charge in [0.1, 0.15) is 12.2 Å². The molecule has 1 rings (SSSR count). The lowest BCUT2D eigenvalue weighted by atomic mass is 10.1. The van der Waals surface area contributed by atoms with E-state index in [2.05, 4.69) is 4.74 Å². The second-order valence-corrected chi connectivity index (χ2v) is 3.32. The summed E-state index contributed by atoms with van der Waals surface area (Å²) < 4.78 is 17.4. The molecule has 0 aliphatic rings. The van der Waals surface area contributed by atoms with E-state index in [0.717, 1.165) is 12.1 Å². The van der Waals surface area contributed by atoms with Gasteiger partial charge in [-0.15, -0.1) is 0 Å². The lowest BCUT2D eigenvalue weighted by molar-refractivity contribution is -0.385. The molecule has 18 heavy (non-hydrogen) atoms. The SMILES string of the molecule is CCOC(=O)CC(=O)c1ccc(F)cc1[N+](=O)[O-]. The third-order valence-corrected chi connectivity index (χ3v) is 2.07. The molecule has 0 amide bonds. The van der Waals surface area contributed by atoms with Gasteiger partial charge >= 0.3 is 5.97 Å². The number of nitro groups is 1. The van der Waals surface area contributed by atoms with E-state index >= 15 is 0 Å². The van der Waals surface area contributed by atoms with Crippen LogP contribution in [-0.4, -0.2) is 23.3 Å². The van der Waals surface area contributed by atoms with Crippen LogP contribution in [0.5, 0.6) is 0 Å². The first kappa shape index (κ1) is 13.8. The number of carbonyl (C=O) groups excluding carboxylic acids is 2. The Kier molecular flexibility index (Phi) is 4.47. The van der Waals surface area contributed by atoms with Crippen LogP contribution in [0.25, 0.3) is 0 Å². The van der Waals surface area contributed by atoms with E-state index in [1.165, 1.54) is 0 Å². The quantitative estimate of drug-likeness (QED) is 0.263. The fraction of sp³-hybridized carbons (Fsp3) is 0.273. The van der Waals surface area contributed by atoms with Crippen molar-refractivity contribution in [2.75, 3.05) is 6.61 Å². The molecule has 0 atom stereocenters. The van der Waals surface area contributed by atoms with Crippen LogP contribution in [0.1, 0.15) is 23.7 Å². The van der Waals surface area contributed by atoms with Crippen molar-refractivity contribution >= 4 is 17.4 Å². The molecule has 0 N–H and O–H groups in total. The van der Waals surface area contributed by atoms with Crippen molar-refractivity contribution < 1.29 is 23.6 Å². The zero-order chi connectivity index (χ0) is 13.7. The molecule has 0 aromatic heterocycles. The van der Waals surface area contributed by atoms with E-state index < -0.39 is 34.6 Å². The Hall–Kier alpha value is -2.31. The highest BCUT2D eigenvalue weighted by Crippen LogP contribution is 2.21. The van der Waals surface area contributed by atoms with E-state index in [-0.39, 0.29) is 12.2 Å². The summed E-state index contributed by atoms with van der Waals surface area (Å²) in [6.45, 7) is 1.68. The first-order valence-corrected chi connectivity index (χ1v) is 5.08. The molecule has 0 unspecified atom stereocenters. The summed E-state index contributed by atoms with van der Waals surface area (Å²) in [7, 11) is 0. The van der Waals surface area contributed by atoms with Gasteiger partial charge in [-0.05, 0) is 19.1 Å². The van der Waals surface area contributed by atoms with E-state index in [0.29, 0.717) is 6.07 Å². The highest BCUT2D eigenvalue weighted by Gasteiger charge is 2.23. The highest BCUT2D eigenvalue weighted by atomic mass is 19.1. The van der Waals surface area contributed by atoms with E-state index in [4.69, 9.17) is 0 Å². The number of rotatable bonds is 5. The fourth-order valence-electron chi connectivity index (χ4n) is 1.33. The van der Waals surface area contributed by atoms with E-state index in [1.54, 1.807) is 6.92 Å². The van der Waals surface area contributed by atoms with Crippen LogP contribution in [0, 0.1) is 15.9 Å². The monoisotopic (exact) mass is 255 g/mol. The van der Waals surface area contributed by atoms with Crippen molar-refractivity contribution in [3.05, 3.63) is 39.7 Å². The van der Waals surface area contributed by atoms with Gasteiger partial charge < -0.3 is 4.74 Å². The minimum atomic E-state index is -0.874. The van der Waals surface area contributed by atoms with Crippen molar-refractivity contribution in [3.63, 3.8) is 0 Å². The maximum absolute atomic E-state index is 12.8. The number of nitrogens with zero attached hydrogens (tertiary/aromatic N) is 1. The van der Waals surface area contributed by atoms with Crippen LogP contribution in [0.2, 0.25) is 0 Å². The number of carbonyl (C=O) groups is 2. The van der Waals surface area contributed by atoms with Gasteiger partial charge in [-0.3, -0.25) is 19.7 Å². The summed E-state index contributed by atoms with van der Waals surface area (Å²) in [6.07, 6.45) is -0.611. The molecule has 1 aromatic carbocycles. The lowest BCUT2D eigenvalue weighted by Crippen LogP contribution is -2.12. The minimum Gasteiger partial charge on any atom is -0.466 e. The molecule has 0 bridgehead atoms. The number of esters is 1. The molecule has 0 radical (unpaired) electrons. The van der Waals surface area contributed by atoms with Gasteiger partial charge in [-0.25, -0.2) is 4.39 Å². The standard InChI is InChI=1S/C11H10FNO5/c1-2-18-11(15)6-10(14)8-4-3-7(12)5-9(8)13(16)17/h3-5H,2,6H2,1H3. The minimum absolute atomic E-state index is 0.109. The summed E-state index contributed by atoms with van der Waals surface area (Å²) in [5.74, 6) is -2.38. The van der Waals surface area contributed by atoms with Crippen LogP contribution >= 0.6 is 0 Å². The zero-order valence-corrected chi connectivity index (χ0v) is 9.51. The molecular formula is C11H10FNO5. The zero-order valence-electron chi connectivity index (χ0n) is 9.51. The van der Waals surface area contributed by atoms with Crippen molar-refractivity contribution in [2.45, 2.75) is 13.3 Å². The number of nitro benzene ring substituents is 1. The number of hydrogen-bond acceptors (Lipinski definition) is 5. The first-order chi connectivity index (χ1) is 8.45. The van der Waals surface area contributed by atoms with Crippen molar-refractivity contribution in [1.29, 1.82) is 0 Å². The van der Waals surface area contributed by atoms with Crippen molar-refractivity contribution in [3.8, 4) is 0 Å². The summed E-state index contributed by atoms with van der Waals surface area (Å²) in [5.41, 5.74) is -0.973. The number of halogens is 1. The van der Waals surface area contributed by atoms with Gasteiger partial charge in [0.2, 0.25) is 0 Å². The van der Waals surface area contributed by atoms with Gasteiger partial charge in [-0.1, -0.05) is 0 Å². The normalized spacial score (nSPS) is 9.89. The summed E-state index contributed by atoms with van der Waals surface area (Å²) in [4.78, 5) is 32.5. The molecule has 0 aliphatic carbocycles. The van der Waals surface area contributed by atoms with Crippen molar-refractivity contribution in [1.82, 2.24) is 0 Å². The van der Waals surface area contributed by atoms with Crippen LogP contribution in [0.4, 0.5) is 10.1 Å². The van der Waals surface area contributed by atoms with Crippen LogP contribution in [0.3, 0.4) is 0 Å². The second kappa shape index (κ2) is 5.85. The molecule has 0 aliphatic heterocycles. The average Bonchev–Trinajstić information content (AvgIpc) is 2.28. The first-order valence-electron chi connectivity index (χ1n) is 5.08. The summed E-state index contributed by atoms with van der Waals surface area (Å²) >= 11 is 0. The fourth-order valence-corrected chi connectivity index (χ4v) is 1.33. The van der Waals surface area contributed by atoms with Gasteiger partial charge in [0, 0.05) is 0 Å². The summed E-state index contributed by atoms with van der Waals surface area (Å²) in [5, 5.41) is 10.7. The molecular weight excluding hydrogens is 245 g/mol.